The van der Waals surface area contributed by atoms with E-state index in [1.807, 2.05) is 0 Å². The number of hydrogen-bond donors (Lipinski definition) is 2. The van der Waals surface area contributed by atoms with E-state index in [1.54, 1.807) is 39.0 Å². The van der Waals surface area contributed by atoms with Crippen LogP contribution in [-0.4, -0.2) is 22.9 Å². The highest BCUT2D eigenvalue weighted by Gasteiger charge is 2.46. The molecule has 1 aromatic rings. The first kappa shape index (κ1) is 15.0. The largest absolute Gasteiger partial charge is 0.406 e. The summed E-state index contributed by atoms with van der Waals surface area (Å²) in [6.45, 7) is 4.89. The first-order valence-corrected chi connectivity index (χ1v) is 5.69. The molecule has 0 saturated heterocycles. The van der Waals surface area contributed by atoms with Gasteiger partial charge in [-0.3, -0.25) is 5.32 Å². The lowest BCUT2D eigenvalue weighted by atomic mass is 9.98. The maximum absolute atomic E-state index is 13.0. The molecule has 1 aromatic carbocycles. The summed E-state index contributed by atoms with van der Waals surface area (Å²) in [5.41, 5.74) is -0.493. The van der Waals surface area contributed by atoms with Gasteiger partial charge in [0.05, 0.1) is 0 Å². The fourth-order valence-corrected chi connectivity index (χ4v) is 1.65. The fourth-order valence-electron chi connectivity index (χ4n) is 1.65. The standard InChI is InChI=1S/C13H18F3NO/c1-12(2,3)17-11(13(14,15)16)10(18)9-7-5-4-6-8-9/h4-8,10-11,17-18H,1-3H3. The van der Waals surface area contributed by atoms with E-state index in [0.29, 0.717) is 0 Å². The molecule has 0 heterocycles. The average Bonchev–Trinajstić information content (AvgIpc) is 2.24. The second-order valence-corrected chi connectivity index (χ2v) is 5.27. The summed E-state index contributed by atoms with van der Waals surface area (Å²) in [4.78, 5) is 0. The minimum Gasteiger partial charge on any atom is -0.386 e. The van der Waals surface area contributed by atoms with E-state index in [4.69, 9.17) is 0 Å². The van der Waals surface area contributed by atoms with Crippen LogP contribution in [0.4, 0.5) is 13.2 Å². The summed E-state index contributed by atoms with van der Waals surface area (Å²) in [6, 6.07) is 5.86. The average molecular weight is 261 g/mol. The van der Waals surface area contributed by atoms with Crippen LogP contribution in [0.15, 0.2) is 30.3 Å². The molecule has 2 nitrogen and oxygen atoms in total. The highest BCUT2D eigenvalue weighted by atomic mass is 19.4. The normalized spacial score (nSPS) is 16.4. The van der Waals surface area contributed by atoms with Crippen molar-refractivity contribution in [3.63, 3.8) is 0 Å². The number of rotatable bonds is 3. The number of benzene rings is 1. The van der Waals surface area contributed by atoms with Crippen LogP contribution >= 0.6 is 0 Å². The van der Waals surface area contributed by atoms with Crippen molar-refractivity contribution in [2.45, 2.75) is 44.6 Å². The number of hydrogen-bond acceptors (Lipinski definition) is 2. The monoisotopic (exact) mass is 261 g/mol. The molecule has 2 N–H and O–H groups in total. The van der Waals surface area contributed by atoms with E-state index in [0.717, 1.165) is 0 Å². The predicted octanol–water partition coefficient (Wildman–Crippen LogP) is 3.04. The first-order chi connectivity index (χ1) is 8.11. The molecule has 102 valence electrons. The third kappa shape index (κ3) is 4.31. The van der Waals surface area contributed by atoms with E-state index < -0.39 is 23.9 Å². The molecule has 0 spiro atoms. The lowest BCUT2D eigenvalue weighted by Crippen LogP contribution is -2.54. The van der Waals surface area contributed by atoms with Crippen LogP contribution in [-0.2, 0) is 0 Å². The Balaban J connectivity index is 2.97. The fraction of sp³-hybridized carbons (Fsp3) is 0.538. The van der Waals surface area contributed by atoms with E-state index in [2.05, 4.69) is 5.32 Å². The molecule has 0 aliphatic carbocycles. The van der Waals surface area contributed by atoms with Crippen LogP contribution in [0.3, 0.4) is 0 Å². The van der Waals surface area contributed by atoms with Crippen molar-refractivity contribution in [3.05, 3.63) is 35.9 Å². The van der Waals surface area contributed by atoms with E-state index in [1.165, 1.54) is 12.1 Å². The van der Waals surface area contributed by atoms with Crippen LogP contribution in [0.25, 0.3) is 0 Å². The van der Waals surface area contributed by atoms with Gasteiger partial charge in [0.2, 0.25) is 0 Å². The number of nitrogens with one attached hydrogen (secondary N) is 1. The maximum Gasteiger partial charge on any atom is 0.406 e. The minimum absolute atomic E-state index is 0.247. The van der Waals surface area contributed by atoms with Crippen molar-refractivity contribution in [2.24, 2.45) is 0 Å². The Morgan fingerprint density at radius 2 is 1.56 bits per heavy atom. The molecule has 0 radical (unpaired) electrons. The maximum atomic E-state index is 13.0. The summed E-state index contributed by atoms with van der Waals surface area (Å²) in [5.74, 6) is 0. The molecule has 0 fully saturated rings. The topological polar surface area (TPSA) is 32.3 Å². The number of halogens is 3. The van der Waals surface area contributed by atoms with Gasteiger partial charge in [0.25, 0.3) is 0 Å². The summed E-state index contributed by atoms with van der Waals surface area (Å²) in [5, 5.41) is 12.3. The van der Waals surface area contributed by atoms with E-state index >= 15 is 0 Å². The van der Waals surface area contributed by atoms with Gasteiger partial charge in [-0.2, -0.15) is 13.2 Å². The SMILES string of the molecule is CC(C)(C)NC(C(O)c1ccccc1)C(F)(F)F. The predicted molar refractivity (Wildman–Crippen MR) is 64.1 cm³/mol. The summed E-state index contributed by atoms with van der Waals surface area (Å²) < 4.78 is 38.9. The van der Waals surface area contributed by atoms with Gasteiger partial charge in [0, 0.05) is 5.54 Å². The Bertz CT molecular complexity index is 370. The number of aliphatic hydroxyl groups is 1. The highest BCUT2D eigenvalue weighted by molar-refractivity contribution is 5.19. The second kappa shape index (κ2) is 5.28. The van der Waals surface area contributed by atoms with Gasteiger partial charge in [0.15, 0.2) is 0 Å². The molecule has 0 bridgehead atoms. The highest BCUT2D eigenvalue weighted by Crippen LogP contribution is 2.31. The molecule has 0 aliphatic rings. The zero-order valence-corrected chi connectivity index (χ0v) is 10.6. The summed E-state index contributed by atoms with van der Waals surface area (Å²) in [7, 11) is 0. The molecule has 2 atom stereocenters. The van der Waals surface area contributed by atoms with Gasteiger partial charge in [-0.15, -0.1) is 0 Å². The summed E-state index contributed by atoms with van der Waals surface area (Å²) in [6.07, 6.45) is -6.13. The Kier molecular flexibility index (Phi) is 4.40. The number of aliphatic hydroxyl groups excluding tert-OH is 1. The third-order valence-corrected chi connectivity index (χ3v) is 2.40. The lowest BCUT2D eigenvalue weighted by Gasteiger charge is -2.33. The molecule has 5 heteroatoms. The van der Waals surface area contributed by atoms with Crippen molar-refractivity contribution < 1.29 is 18.3 Å². The Morgan fingerprint density at radius 1 is 1.06 bits per heavy atom. The van der Waals surface area contributed by atoms with Gasteiger partial charge < -0.3 is 5.11 Å². The Hall–Kier alpha value is -1.07. The molecule has 0 aliphatic heterocycles. The zero-order valence-electron chi connectivity index (χ0n) is 10.6. The van der Waals surface area contributed by atoms with Gasteiger partial charge in [0.1, 0.15) is 12.1 Å². The zero-order chi connectivity index (χ0) is 14.0. The molecule has 18 heavy (non-hydrogen) atoms. The van der Waals surface area contributed by atoms with E-state index in [-0.39, 0.29) is 5.56 Å². The van der Waals surface area contributed by atoms with Crippen LogP contribution in [0.2, 0.25) is 0 Å². The smallest absolute Gasteiger partial charge is 0.386 e. The molecular weight excluding hydrogens is 243 g/mol. The van der Waals surface area contributed by atoms with Gasteiger partial charge in [-0.05, 0) is 26.3 Å². The molecule has 0 aromatic heterocycles. The van der Waals surface area contributed by atoms with Gasteiger partial charge in [-0.1, -0.05) is 30.3 Å². The molecule has 0 amide bonds. The Labute approximate surface area is 105 Å². The third-order valence-electron chi connectivity index (χ3n) is 2.40. The van der Waals surface area contributed by atoms with Crippen molar-refractivity contribution in [1.82, 2.24) is 5.32 Å². The molecule has 2 unspecified atom stereocenters. The lowest BCUT2D eigenvalue weighted by molar-refractivity contribution is -0.183. The quantitative estimate of drug-likeness (QED) is 0.876. The van der Waals surface area contributed by atoms with E-state index in [9.17, 15) is 18.3 Å². The number of alkyl halides is 3. The molecular formula is C13H18F3NO. The van der Waals surface area contributed by atoms with Crippen LogP contribution < -0.4 is 5.32 Å². The van der Waals surface area contributed by atoms with Gasteiger partial charge in [-0.25, -0.2) is 0 Å². The summed E-state index contributed by atoms with van der Waals surface area (Å²) >= 11 is 0. The first-order valence-electron chi connectivity index (χ1n) is 5.69. The van der Waals surface area contributed by atoms with Crippen molar-refractivity contribution in [2.75, 3.05) is 0 Å². The van der Waals surface area contributed by atoms with Crippen LogP contribution in [0.5, 0.6) is 0 Å². The molecule has 1 rings (SSSR count). The van der Waals surface area contributed by atoms with Gasteiger partial charge >= 0.3 is 6.18 Å². The molecule has 0 saturated carbocycles. The Morgan fingerprint density at radius 3 is 1.94 bits per heavy atom. The van der Waals surface area contributed by atoms with Crippen LogP contribution in [0.1, 0.15) is 32.4 Å². The van der Waals surface area contributed by atoms with Crippen LogP contribution in [0, 0.1) is 0 Å². The second-order valence-electron chi connectivity index (χ2n) is 5.27. The van der Waals surface area contributed by atoms with Crippen molar-refractivity contribution in [1.29, 1.82) is 0 Å². The van der Waals surface area contributed by atoms with Crippen molar-refractivity contribution >= 4 is 0 Å². The van der Waals surface area contributed by atoms with Crippen molar-refractivity contribution in [3.8, 4) is 0 Å². The minimum atomic E-state index is -4.51.